The number of hydrogen-bond acceptors (Lipinski definition) is 6. The van der Waals surface area contributed by atoms with Gasteiger partial charge in [0.2, 0.25) is 0 Å². The highest BCUT2D eigenvalue weighted by Gasteiger charge is 1.93. The van der Waals surface area contributed by atoms with Crippen molar-refractivity contribution in [3.8, 4) is 0 Å². The van der Waals surface area contributed by atoms with E-state index >= 15 is 0 Å². The van der Waals surface area contributed by atoms with Crippen molar-refractivity contribution < 1.29 is 27.0 Å². The molecule has 0 bridgehead atoms. The van der Waals surface area contributed by atoms with Crippen molar-refractivity contribution in [3.63, 3.8) is 0 Å². The van der Waals surface area contributed by atoms with Crippen LogP contribution in [0.5, 0.6) is 0 Å². The summed E-state index contributed by atoms with van der Waals surface area (Å²) in [5.41, 5.74) is 0. The summed E-state index contributed by atoms with van der Waals surface area (Å²) in [6, 6.07) is 0. The molecule has 0 aromatic heterocycles. The number of hydrogen-bond donors (Lipinski definition) is 0. The SMILES string of the molecule is CC(=O)OC(C)=O.O=S(=O)=O. The number of carbonyl (C=O) groups is 2. The molecule has 7 heteroatoms. The maximum Gasteiger partial charge on any atom is 0.425 e. The number of esters is 2. The Morgan fingerprint density at radius 2 is 1.18 bits per heavy atom. The Bertz CT molecular complexity index is 216. The molecule has 11 heavy (non-hydrogen) atoms. The van der Waals surface area contributed by atoms with Crippen molar-refractivity contribution in [1.29, 1.82) is 0 Å². The molecule has 0 aliphatic rings. The summed E-state index contributed by atoms with van der Waals surface area (Å²) < 4.78 is 29.3. The van der Waals surface area contributed by atoms with Crippen LogP contribution in [0.25, 0.3) is 0 Å². The summed E-state index contributed by atoms with van der Waals surface area (Å²) in [7, 11) is -3.11. The zero-order chi connectivity index (χ0) is 9.44. The molecule has 0 aromatic carbocycles. The van der Waals surface area contributed by atoms with E-state index < -0.39 is 22.5 Å². The van der Waals surface area contributed by atoms with Gasteiger partial charge in [0.05, 0.1) is 0 Å². The first-order valence-electron chi connectivity index (χ1n) is 2.32. The Morgan fingerprint density at radius 1 is 1.00 bits per heavy atom. The fraction of sp³-hybridized carbons (Fsp3) is 0.500. The molecule has 0 aliphatic heterocycles. The zero-order valence-corrected chi connectivity index (χ0v) is 6.67. The summed E-state index contributed by atoms with van der Waals surface area (Å²) in [6.07, 6.45) is 0. The van der Waals surface area contributed by atoms with Crippen LogP contribution in [-0.4, -0.2) is 24.6 Å². The van der Waals surface area contributed by atoms with Crippen molar-refractivity contribution in [2.45, 2.75) is 13.8 Å². The minimum atomic E-state index is -3.11. The van der Waals surface area contributed by atoms with Crippen LogP contribution < -0.4 is 0 Å². The Hall–Kier alpha value is -1.24. The first-order chi connectivity index (χ1) is 4.86. The van der Waals surface area contributed by atoms with E-state index in [4.69, 9.17) is 12.6 Å². The minimum absolute atomic E-state index is 0.562. The Labute approximate surface area is 64.2 Å². The molecule has 6 nitrogen and oxygen atoms in total. The Morgan fingerprint density at radius 3 is 1.18 bits per heavy atom. The maximum absolute atomic E-state index is 9.81. The predicted molar refractivity (Wildman–Crippen MR) is 32.1 cm³/mol. The van der Waals surface area contributed by atoms with Crippen LogP contribution in [0.1, 0.15) is 13.8 Å². The van der Waals surface area contributed by atoms with E-state index in [0.29, 0.717) is 0 Å². The molecule has 0 fully saturated rings. The Kier molecular flexibility index (Phi) is 7.77. The molecule has 0 aliphatic carbocycles. The molecule has 0 N–H and O–H groups in total. The molecule has 0 spiro atoms. The van der Waals surface area contributed by atoms with Crippen molar-refractivity contribution >= 4 is 22.5 Å². The normalized spacial score (nSPS) is 7.09. The van der Waals surface area contributed by atoms with Crippen LogP contribution in [0.3, 0.4) is 0 Å². The van der Waals surface area contributed by atoms with E-state index in [1.807, 2.05) is 0 Å². The summed E-state index contributed by atoms with van der Waals surface area (Å²) in [5, 5.41) is 0. The zero-order valence-electron chi connectivity index (χ0n) is 5.86. The van der Waals surface area contributed by atoms with Crippen LogP contribution in [0.2, 0.25) is 0 Å². The van der Waals surface area contributed by atoms with E-state index in [1.54, 1.807) is 0 Å². The lowest BCUT2D eigenvalue weighted by Crippen LogP contribution is -2.03. The fourth-order valence-corrected chi connectivity index (χ4v) is 0.202. The van der Waals surface area contributed by atoms with Gasteiger partial charge in [-0.25, -0.2) is 0 Å². The highest BCUT2D eigenvalue weighted by Crippen LogP contribution is 1.73. The maximum atomic E-state index is 9.81. The van der Waals surface area contributed by atoms with Gasteiger partial charge in [0.1, 0.15) is 0 Å². The monoisotopic (exact) mass is 182 g/mol. The van der Waals surface area contributed by atoms with Crippen LogP contribution in [-0.2, 0) is 24.9 Å². The molecule has 64 valence electrons. The van der Waals surface area contributed by atoms with Crippen LogP contribution in [0.15, 0.2) is 0 Å². The van der Waals surface area contributed by atoms with E-state index in [0.717, 1.165) is 0 Å². The van der Waals surface area contributed by atoms with Gasteiger partial charge in [-0.15, -0.1) is 12.6 Å². The minimum Gasteiger partial charge on any atom is -0.394 e. The molecule has 0 rings (SSSR count). The average Bonchev–Trinajstić information content (AvgIpc) is 1.56. The summed E-state index contributed by atoms with van der Waals surface area (Å²) in [5.74, 6) is -1.12. The van der Waals surface area contributed by atoms with Crippen molar-refractivity contribution in [2.75, 3.05) is 0 Å². The lowest BCUT2D eigenvalue weighted by molar-refractivity contribution is -0.156. The average molecular weight is 182 g/mol. The van der Waals surface area contributed by atoms with Crippen LogP contribution in [0.4, 0.5) is 0 Å². The number of rotatable bonds is 0. The molecule has 0 atom stereocenters. The number of carbonyl (C=O) groups excluding carboxylic acids is 2. The van der Waals surface area contributed by atoms with Gasteiger partial charge in [-0.3, -0.25) is 9.59 Å². The van der Waals surface area contributed by atoms with Crippen molar-refractivity contribution in [1.82, 2.24) is 0 Å². The largest absolute Gasteiger partial charge is 0.425 e. The summed E-state index contributed by atoms with van der Waals surface area (Å²) in [4.78, 5) is 19.6. The third kappa shape index (κ3) is 52.6. The number of ether oxygens (including phenoxy) is 1. The third-order valence-electron chi connectivity index (χ3n) is 0.287. The van der Waals surface area contributed by atoms with Gasteiger partial charge in [0, 0.05) is 13.8 Å². The molecule has 0 saturated carbocycles. The van der Waals surface area contributed by atoms with Gasteiger partial charge in [-0.1, -0.05) is 0 Å². The lowest BCUT2D eigenvalue weighted by Gasteiger charge is -1.87. The first-order valence-corrected chi connectivity index (χ1v) is 3.32. The van der Waals surface area contributed by atoms with Gasteiger partial charge in [0.15, 0.2) is 0 Å². The quantitative estimate of drug-likeness (QED) is 0.355. The second-order valence-electron chi connectivity index (χ2n) is 1.29. The summed E-state index contributed by atoms with van der Waals surface area (Å²) >= 11 is 0. The third-order valence-corrected chi connectivity index (χ3v) is 0.287. The second-order valence-corrected chi connectivity index (χ2v) is 1.70. The van der Waals surface area contributed by atoms with Crippen molar-refractivity contribution in [3.05, 3.63) is 0 Å². The standard InChI is InChI=1S/C4H6O3.O3S/c1-3(5)7-4(2)6;1-4(2)3/h1-2H3;. The summed E-state index contributed by atoms with van der Waals surface area (Å²) in [6.45, 7) is 2.36. The van der Waals surface area contributed by atoms with E-state index in [-0.39, 0.29) is 0 Å². The van der Waals surface area contributed by atoms with Gasteiger partial charge in [-0.2, -0.15) is 0 Å². The Balaban J connectivity index is 0. The smallest absolute Gasteiger partial charge is 0.394 e. The van der Waals surface area contributed by atoms with Gasteiger partial charge >= 0.3 is 22.5 Å². The van der Waals surface area contributed by atoms with Gasteiger partial charge in [-0.05, 0) is 0 Å². The van der Waals surface area contributed by atoms with E-state index in [9.17, 15) is 9.59 Å². The first kappa shape index (κ1) is 12.4. The molecule has 0 aromatic rings. The molecular weight excluding hydrogens is 176 g/mol. The molecular formula is C4H6O6S. The molecule has 0 amide bonds. The van der Waals surface area contributed by atoms with Crippen LogP contribution in [0, 0.1) is 0 Å². The highest BCUT2D eigenvalue weighted by atomic mass is 32.2. The lowest BCUT2D eigenvalue weighted by atomic mass is 10.7. The van der Waals surface area contributed by atoms with E-state index in [2.05, 4.69) is 4.74 Å². The fourth-order valence-electron chi connectivity index (χ4n) is 0.202. The van der Waals surface area contributed by atoms with Gasteiger partial charge in [0.25, 0.3) is 0 Å². The second kappa shape index (κ2) is 6.87. The molecule has 0 saturated heterocycles. The van der Waals surface area contributed by atoms with Crippen LogP contribution >= 0.6 is 0 Å². The predicted octanol–water partition coefficient (Wildman–Crippen LogP) is -0.908. The van der Waals surface area contributed by atoms with E-state index in [1.165, 1.54) is 13.8 Å². The molecule has 0 heterocycles. The molecule has 0 unspecified atom stereocenters. The van der Waals surface area contributed by atoms with Gasteiger partial charge < -0.3 is 4.74 Å². The highest BCUT2D eigenvalue weighted by molar-refractivity contribution is 7.59. The molecule has 0 radical (unpaired) electrons. The van der Waals surface area contributed by atoms with Crippen molar-refractivity contribution in [2.24, 2.45) is 0 Å². The topological polar surface area (TPSA) is 94.6 Å².